The molecule has 3 saturated heterocycles. The molecule has 2 bridgehead atoms. The van der Waals surface area contributed by atoms with Gasteiger partial charge in [-0.05, 0) is 78.6 Å². The molecule has 0 saturated carbocycles. The predicted molar refractivity (Wildman–Crippen MR) is 126 cm³/mol. The maximum absolute atomic E-state index is 12.9. The molecule has 2 atom stereocenters. The number of carbonyl (C=O) groups is 1. The van der Waals surface area contributed by atoms with Gasteiger partial charge in [0.05, 0.1) is 13.2 Å². The molecule has 1 N–H and O–H groups in total. The van der Waals surface area contributed by atoms with Crippen molar-refractivity contribution in [3.05, 3.63) is 52.5 Å². The number of hydrogen-bond donors (Lipinski definition) is 1. The predicted octanol–water partition coefficient (Wildman–Crippen LogP) is 5.46. The van der Waals surface area contributed by atoms with Gasteiger partial charge in [0.1, 0.15) is 11.9 Å². The Hall–Kier alpha value is -2.24. The molecule has 3 heterocycles. The first kappa shape index (κ1) is 21.6. The van der Waals surface area contributed by atoms with Crippen molar-refractivity contribution < 1.29 is 14.3 Å². The minimum Gasteiger partial charge on any atom is -0.497 e. The molecule has 1 unspecified atom stereocenters. The Labute approximate surface area is 195 Å². The van der Waals surface area contributed by atoms with Crippen LogP contribution in [0, 0.1) is 11.3 Å². The normalized spacial score (nSPS) is 27.6. The summed E-state index contributed by atoms with van der Waals surface area (Å²) in [5.74, 6) is 1.28. The molecule has 0 aromatic heterocycles. The number of fused-ring (bicyclic) bond motifs is 4. The van der Waals surface area contributed by atoms with Crippen molar-refractivity contribution in [2.24, 2.45) is 11.3 Å². The molecule has 1 amide bonds. The number of benzene rings is 2. The van der Waals surface area contributed by atoms with Crippen molar-refractivity contribution >= 4 is 17.7 Å². The maximum atomic E-state index is 12.9. The van der Waals surface area contributed by atoms with Crippen LogP contribution in [0.4, 0.5) is 4.79 Å². The highest BCUT2D eigenvalue weighted by atomic mass is 35.5. The second-order valence-corrected chi connectivity index (χ2v) is 10.5. The van der Waals surface area contributed by atoms with E-state index in [-0.39, 0.29) is 23.7 Å². The average Bonchev–Trinajstić information content (AvgIpc) is 3.03. The zero-order valence-corrected chi connectivity index (χ0v) is 19.7. The molecule has 0 spiro atoms. The third-order valence-electron chi connectivity index (χ3n) is 7.48. The first-order valence-electron chi connectivity index (χ1n) is 11.5. The van der Waals surface area contributed by atoms with E-state index >= 15 is 0 Å². The Morgan fingerprint density at radius 3 is 2.62 bits per heavy atom. The number of rotatable bonds is 4. The first-order chi connectivity index (χ1) is 15.3. The molecule has 32 heavy (non-hydrogen) atoms. The molecule has 2 aromatic carbocycles. The van der Waals surface area contributed by atoms with Gasteiger partial charge in [0.2, 0.25) is 0 Å². The van der Waals surface area contributed by atoms with E-state index in [4.69, 9.17) is 21.1 Å². The van der Waals surface area contributed by atoms with Crippen molar-refractivity contribution in [2.45, 2.75) is 45.3 Å². The highest BCUT2D eigenvalue weighted by Gasteiger charge is 2.42. The van der Waals surface area contributed by atoms with E-state index in [9.17, 15) is 4.79 Å². The summed E-state index contributed by atoms with van der Waals surface area (Å²) in [5, 5.41) is 3.89. The number of ether oxygens (including phenoxy) is 2. The van der Waals surface area contributed by atoms with Gasteiger partial charge >= 0.3 is 6.09 Å². The SMILES string of the molecule is COc1ccc(Cl)c(-c2ccc3c(c2)CC(C)(C)C3NC(=O)O[C@H]2CN3CCC2CC3)c1. The minimum atomic E-state index is -0.297. The van der Waals surface area contributed by atoms with Crippen molar-refractivity contribution in [2.75, 3.05) is 26.7 Å². The summed E-state index contributed by atoms with van der Waals surface area (Å²) < 4.78 is 11.3. The van der Waals surface area contributed by atoms with Crippen LogP contribution < -0.4 is 10.1 Å². The number of halogens is 1. The molecule has 3 aliphatic heterocycles. The van der Waals surface area contributed by atoms with Gasteiger partial charge in [0.15, 0.2) is 0 Å². The molecule has 6 heteroatoms. The highest BCUT2D eigenvalue weighted by Crippen LogP contribution is 2.47. The fourth-order valence-corrected chi connectivity index (χ4v) is 5.91. The molecule has 5 nitrogen and oxygen atoms in total. The largest absolute Gasteiger partial charge is 0.497 e. The number of piperidine rings is 3. The van der Waals surface area contributed by atoms with Crippen LogP contribution in [-0.2, 0) is 11.2 Å². The van der Waals surface area contributed by atoms with Crippen LogP contribution >= 0.6 is 11.6 Å². The van der Waals surface area contributed by atoms with Crippen LogP contribution in [-0.4, -0.2) is 43.8 Å². The smallest absolute Gasteiger partial charge is 0.407 e. The number of amides is 1. The van der Waals surface area contributed by atoms with Crippen molar-refractivity contribution in [3.8, 4) is 16.9 Å². The van der Waals surface area contributed by atoms with Gasteiger partial charge in [-0.15, -0.1) is 0 Å². The van der Waals surface area contributed by atoms with Gasteiger partial charge < -0.3 is 14.8 Å². The van der Waals surface area contributed by atoms with E-state index in [1.54, 1.807) is 7.11 Å². The molecule has 0 radical (unpaired) electrons. The topological polar surface area (TPSA) is 50.8 Å². The summed E-state index contributed by atoms with van der Waals surface area (Å²) in [6.07, 6.45) is 2.85. The maximum Gasteiger partial charge on any atom is 0.407 e. The molecule has 1 aliphatic carbocycles. The summed E-state index contributed by atoms with van der Waals surface area (Å²) in [6, 6.07) is 12.0. The Bertz CT molecular complexity index is 1030. The number of carbonyl (C=O) groups excluding carboxylic acids is 1. The van der Waals surface area contributed by atoms with Crippen LogP contribution in [0.2, 0.25) is 5.02 Å². The number of methoxy groups -OCH3 is 1. The lowest BCUT2D eigenvalue weighted by Gasteiger charge is -2.44. The molecule has 2 aromatic rings. The van der Waals surface area contributed by atoms with Gasteiger partial charge in [-0.3, -0.25) is 4.90 Å². The summed E-state index contributed by atoms with van der Waals surface area (Å²) in [7, 11) is 1.66. The van der Waals surface area contributed by atoms with Crippen molar-refractivity contribution in [1.29, 1.82) is 0 Å². The number of hydrogen-bond acceptors (Lipinski definition) is 4. The lowest BCUT2D eigenvalue weighted by atomic mass is 9.85. The van der Waals surface area contributed by atoms with Crippen LogP contribution in [0.1, 0.15) is 43.9 Å². The minimum absolute atomic E-state index is 0.0130. The Morgan fingerprint density at radius 1 is 1.16 bits per heavy atom. The lowest BCUT2D eigenvalue weighted by molar-refractivity contribution is -0.0348. The van der Waals surface area contributed by atoms with Crippen LogP contribution in [0.25, 0.3) is 11.1 Å². The number of alkyl carbamates (subject to hydrolysis) is 1. The lowest BCUT2D eigenvalue weighted by Crippen LogP contribution is -2.53. The Morgan fingerprint density at radius 2 is 1.94 bits per heavy atom. The van der Waals surface area contributed by atoms with Gasteiger partial charge in [0.25, 0.3) is 0 Å². The van der Waals surface area contributed by atoms with E-state index in [0.717, 1.165) is 61.3 Å². The summed E-state index contributed by atoms with van der Waals surface area (Å²) in [4.78, 5) is 15.3. The molecule has 3 fully saturated rings. The zero-order chi connectivity index (χ0) is 22.5. The van der Waals surface area contributed by atoms with Gasteiger partial charge in [-0.2, -0.15) is 0 Å². The van der Waals surface area contributed by atoms with Crippen LogP contribution in [0.3, 0.4) is 0 Å². The summed E-state index contributed by atoms with van der Waals surface area (Å²) in [6.45, 7) is 7.53. The van der Waals surface area contributed by atoms with E-state index < -0.39 is 0 Å². The van der Waals surface area contributed by atoms with Crippen molar-refractivity contribution in [3.63, 3.8) is 0 Å². The second-order valence-electron chi connectivity index (χ2n) is 10.1. The Kier molecular flexibility index (Phi) is 5.58. The van der Waals surface area contributed by atoms with E-state index in [2.05, 4.69) is 42.3 Å². The van der Waals surface area contributed by atoms with E-state index in [1.807, 2.05) is 18.2 Å². The van der Waals surface area contributed by atoms with Crippen LogP contribution in [0.5, 0.6) is 5.75 Å². The quantitative estimate of drug-likeness (QED) is 0.666. The summed E-state index contributed by atoms with van der Waals surface area (Å²) in [5.41, 5.74) is 4.29. The zero-order valence-electron chi connectivity index (χ0n) is 19.0. The number of nitrogens with zero attached hydrogens (tertiary/aromatic N) is 1. The molecule has 170 valence electrons. The number of nitrogens with one attached hydrogen (secondary N) is 1. The summed E-state index contributed by atoms with van der Waals surface area (Å²) >= 11 is 6.48. The molecular weight excluding hydrogens is 424 g/mol. The standard InChI is InChI=1S/C26H31ClN2O3/c1-26(2)14-18-12-17(21-13-19(31-3)5-7-22(21)27)4-6-20(18)24(26)28-25(30)32-23-15-29-10-8-16(23)9-11-29/h4-7,12-13,16,23-24H,8-11,14-15H2,1-3H3,(H,28,30)/t23-,24?/m0/s1. The van der Waals surface area contributed by atoms with Gasteiger partial charge in [-0.25, -0.2) is 4.79 Å². The Balaban J connectivity index is 1.35. The second kappa shape index (κ2) is 8.27. The third-order valence-corrected chi connectivity index (χ3v) is 7.81. The van der Waals surface area contributed by atoms with Gasteiger partial charge in [0, 0.05) is 17.1 Å². The third kappa shape index (κ3) is 3.97. The van der Waals surface area contributed by atoms with Gasteiger partial charge in [-0.1, -0.05) is 43.6 Å². The molecule has 6 rings (SSSR count). The van der Waals surface area contributed by atoms with Crippen molar-refractivity contribution in [1.82, 2.24) is 10.2 Å². The molecule has 4 aliphatic rings. The first-order valence-corrected chi connectivity index (χ1v) is 11.9. The fraction of sp³-hybridized carbons (Fsp3) is 0.500. The average molecular weight is 455 g/mol. The van der Waals surface area contributed by atoms with E-state index in [1.165, 1.54) is 5.56 Å². The van der Waals surface area contributed by atoms with E-state index in [0.29, 0.717) is 10.9 Å². The highest BCUT2D eigenvalue weighted by molar-refractivity contribution is 6.33. The fourth-order valence-electron chi connectivity index (χ4n) is 5.68. The monoisotopic (exact) mass is 454 g/mol. The van der Waals surface area contributed by atoms with Crippen LogP contribution in [0.15, 0.2) is 36.4 Å². The molecular formula is C26H31ClN2O3.